The first kappa shape index (κ1) is 18.7. The molecule has 0 aliphatic rings. The van der Waals surface area contributed by atoms with E-state index in [2.05, 4.69) is 50.7 Å². The molecule has 0 saturated carbocycles. The summed E-state index contributed by atoms with van der Waals surface area (Å²) in [5, 5.41) is 8.93. The molecule has 2 aromatic heterocycles. The minimum absolute atomic E-state index is 0. The van der Waals surface area contributed by atoms with Gasteiger partial charge in [0.2, 0.25) is 0 Å². The Morgan fingerprint density at radius 3 is 2.62 bits per heavy atom. The predicted octanol–water partition coefficient (Wildman–Crippen LogP) is 3.72. The Morgan fingerprint density at radius 2 is 1.96 bits per heavy atom. The standard InChI is InChI=1S/C17H21N5S.HI/c1-11-12(2)23-16(21-11)10-20-17(18-3)19-9-14-8-13-6-4-5-7-15(13)22-14;/h4-8,22H,9-10H2,1-3H3,(H2,18,19,20);1H. The molecule has 0 radical (unpaired) electrons. The van der Waals surface area contributed by atoms with E-state index in [1.54, 1.807) is 18.4 Å². The van der Waals surface area contributed by atoms with Gasteiger partial charge in [0.25, 0.3) is 0 Å². The number of rotatable bonds is 4. The van der Waals surface area contributed by atoms with E-state index in [0.29, 0.717) is 13.1 Å². The Hall–Kier alpha value is -1.61. The van der Waals surface area contributed by atoms with E-state index in [9.17, 15) is 0 Å². The molecule has 2 heterocycles. The van der Waals surface area contributed by atoms with Gasteiger partial charge in [0.15, 0.2) is 5.96 Å². The summed E-state index contributed by atoms with van der Waals surface area (Å²) in [5.74, 6) is 0.772. The average molecular weight is 455 g/mol. The monoisotopic (exact) mass is 455 g/mol. The maximum Gasteiger partial charge on any atom is 0.191 e. The third-order valence-electron chi connectivity index (χ3n) is 3.74. The van der Waals surface area contributed by atoms with Crippen LogP contribution in [0, 0.1) is 13.8 Å². The van der Waals surface area contributed by atoms with Gasteiger partial charge in [-0.25, -0.2) is 4.98 Å². The highest BCUT2D eigenvalue weighted by atomic mass is 127. The van der Waals surface area contributed by atoms with Gasteiger partial charge in [-0.3, -0.25) is 4.99 Å². The molecule has 3 rings (SSSR count). The summed E-state index contributed by atoms with van der Waals surface area (Å²) < 4.78 is 0. The van der Waals surface area contributed by atoms with E-state index in [0.717, 1.165) is 27.9 Å². The van der Waals surface area contributed by atoms with Crippen LogP contribution >= 0.6 is 35.3 Å². The SMILES string of the molecule is CN=C(NCc1cc2ccccc2[nH]1)NCc1nc(C)c(C)s1.I. The number of para-hydroxylation sites is 1. The molecule has 24 heavy (non-hydrogen) atoms. The van der Waals surface area contributed by atoms with Crippen molar-refractivity contribution in [1.82, 2.24) is 20.6 Å². The number of H-pyrrole nitrogens is 1. The molecule has 0 unspecified atom stereocenters. The number of aryl methyl sites for hydroxylation is 2. The third-order valence-corrected chi connectivity index (χ3v) is 4.81. The van der Waals surface area contributed by atoms with Crippen molar-refractivity contribution in [3.63, 3.8) is 0 Å². The summed E-state index contributed by atoms with van der Waals surface area (Å²) in [6.45, 7) is 5.52. The molecule has 0 aliphatic heterocycles. The van der Waals surface area contributed by atoms with Crippen LogP contribution in [0.3, 0.4) is 0 Å². The van der Waals surface area contributed by atoms with Crippen molar-refractivity contribution in [2.45, 2.75) is 26.9 Å². The normalized spacial score (nSPS) is 11.4. The van der Waals surface area contributed by atoms with Crippen molar-refractivity contribution < 1.29 is 0 Å². The number of aromatic nitrogens is 2. The number of benzene rings is 1. The zero-order chi connectivity index (χ0) is 16.2. The van der Waals surface area contributed by atoms with Crippen molar-refractivity contribution in [1.29, 1.82) is 0 Å². The smallest absolute Gasteiger partial charge is 0.191 e. The molecular weight excluding hydrogens is 433 g/mol. The molecule has 0 saturated heterocycles. The van der Waals surface area contributed by atoms with Crippen LogP contribution in [0.15, 0.2) is 35.3 Å². The first-order valence-electron chi connectivity index (χ1n) is 7.60. The summed E-state index contributed by atoms with van der Waals surface area (Å²) >= 11 is 1.72. The molecule has 5 nitrogen and oxygen atoms in total. The number of nitrogens with one attached hydrogen (secondary N) is 3. The van der Waals surface area contributed by atoms with Crippen LogP contribution in [-0.4, -0.2) is 23.0 Å². The van der Waals surface area contributed by atoms with Crippen LogP contribution in [0.5, 0.6) is 0 Å². The third kappa shape index (κ3) is 4.47. The molecule has 3 aromatic rings. The van der Waals surface area contributed by atoms with Gasteiger partial charge in [-0.2, -0.15) is 0 Å². The van der Waals surface area contributed by atoms with Crippen molar-refractivity contribution in [2.24, 2.45) is 4.99 Å². The Bertz CT molecular complexity index is 784. The summed E-state index contributed by atoms with van der Waals surface area (Å²) in [6.07, 6.45) is 0. The van der Waals surface area contributed by atoms with Crippen LogP contribution in [0.2, 0.25) is 0 Å². The number of hydrogen-bond donors (Lipinski definition) is 3. The van der Waals surface area contributed by atoms with E-state index >= 15 is 0 Å². The number of fused-ring (bicyclic) bond motifs is 1. The molecule has 0 amide bonds. The molecular formula is C17H22IN5S. The fourth-order valence-electron chi connectivity index (χ4n) is 2.40. The quantitative estimate of drug-likeness (QED) is 0.319. The first-order chi connectivity index (χ1) is 11.2. The Labute approximate surface area is 163 Å². The highest BCUT2D eigenvalue weighted by Gasteiger charge is 2.05. The minimum Gasteiger partial charge on any atom is -0.357 e. The Morgan fingerprint density at radius 1 is 1.21 bits per heavy atom. The average Bonchev–Trinajstić information content (AvgIpc) is 3.10. The Kier molecular flexibility index (Phi) is 6.61. The maximum atomic E-state index is 4.53. The van der Waals surface area contributed by atoms with Gasteiger partial charge in [0.1, 0.15) is 5.01 Å². The minimum atomic E-state index is 0. The lowest BCUT2D eigenvalue weighted by molar-refractivity contribution is 0.794. The molecule has 0 spiro atoms. The van der Waals surface area contributed by atoms with Crippen molar-refractivity contribution in [3.05, 3.63) is 51.6 Å². The number of halogens is 1. The number of hydrogen-bond acceptors (Lipinski definition) is 3. The fraction of sp³-hybridized carbons (Fsp3) is 0.294. The molecule has 0 atom stereocenters. The summed E-state index contributed by atoms with van der Waals surface area (Å²) in [7, 11) is 1.78. The number of thiazole rings is 1. The van der Waals surface area contributed by atoms with Gasteiger partial charge < -0.3 is 15.6 Å². The molecule has 128 valence electrons. The van der Waals surface area contributed by atoms with Crippen molar-refractivity contribution >= 4 is 52.2 Å². The Balaban J connectivity index is 0.00000208. The van der Waals surface area contributed by atoms with Crippen molar-refractivity contribution in [3.8, 4) is 0 Å². The number of guanidine groups is 1. The lowest BCUT2D eigenvalue weighted by Gasteiger charge is -2.09. The molecule has 1 aromatic carbocycles. The maximum absolute atomic E-state index is 4.53. The first-order valence-corrected chi connectivity index (χ1v) is 8.41. The lowest BCUT2D eigenvalue weighted by Crippen LogP contribution is -2.36. The second-order valence-electron chi connectivity index (χ2n) is 5.41. The van der Waals surface area contributed by atoms with Crippen LogP contribution in [0.25, 0.3) is 10.9 Å². The van der Waals surface area contributed by atoms with Crippen LogP contribution in [-0.2, 0) is 13.1 Å². The zero-order valence-corrected chi connectivity index (χ0v) is 17.2. The van der Waals surface area contributed by atoms with Gasteiger partial charge in [-0.1, -0.05) is 18.2 Å². The van der Waals surface area contributed by atoms with E-state index in [-0.39, 0.29) is 24.0 Å². The number of aromatic amines is 1. The van der Waals surface area contributed by atoms with Gasteiger partial charge in [0.05, 0.1) is 18.8 Å². The van der Waals surface area contributed by atoms with Gasteiger partial charge in [-0.05, 0) is 31.4 Å². The highest BCUT2D eigenvalue weighted by Crippen LogP contribution is 2.16. The van der Waals surface area contributed by atoms with E-state index < -0.39 is 0 Å². The summed E-state index contributed by atoms with van der Waals surface area (Å²) in [4.78, 5) is 13.5. The molecule has 3 N–H and O–H groups in total. The van der Waals surface area contributed by atoms with Gasteiger partial charge in [-0.15, -0.1) is 35.3 Å². The number of nitrogens with zero attached hydrogens (tertiary/aromatic N) is 2. The molecule has 0 aliphatic carbocycles. The van der Waals surface area contributed by atoms with Crippen LogP contribution in [0.1, 0.15) is 21.3 Å². The topological polar surface area (TPSA) is 65.1 Å². The largest absolute Gasteiger partial charge is 0.357 e. The van der Waals surface area contributed by atoms with E-state index in [4.69, 9.17) is 0 Å². The summed E-state index contributed by atoms with van der Waals surface area (Å²) in [5.41, 5.74) is 3.39. The molecule has 0 bridgehead atoms. The van der Waals surface area contributed by atoms with Gasteiger partial charge >= 0.3 is 0 Å². The fourth-order valence-corrected chi connectivity index (χ4v) is 3.28. The van der Waals surface area contributed by atoms with Crippen LogP contribution in [0.4, 0.5) is 0 Å². The van der Waals surface area contributed by atoms with Crippen molar-refractivity contribution in [2.75, 3.05) is 7.05 Å². The molecule has 0 fully saturated rings. The second-order valence-corrected chi connectivity index (χ2v) is 6.70. The van der Waals surface area contributed by atoms with E-state index in [1.807, 2.05) is 19.1 Å². The predicted molar refractivity (Wildman–Crippen MR) is 112 cm³/mol. The lowest BCUT2D eigenvalue weighted by atomic mass is 10.2. The van der Waals surface area contributed by atoms with Gasteiger partial charge in [0, 0.05) is 23.1 Å². The second kappa shape index (κ2) is 8.48. The highest BCUT2D eigenvalue weighted by molar-refractivity contribution is 14.0. The summed E-state index contributed by atoms with van der Waals surface area (Å²) in [6, 6.07) is 10.4. The zero-order valence-electron chi connectivity index (χ0n) is 14.0. The van der Waals surface area contributed by atoms with E-state index in [1.165, 1.54) is 10.3 Å². The molecule has 7 heteroatoms. The number of aliphatic imine (C=N–C) groups is 1. The van der Waals surface area contributed by atoms with Crippen LogP contribution < -0.4 is 10.6 Å².